The Balaban J connectivity index is 1.66. The lowest BCUT2D eigenvalue weighted by molar-refractivity contribution is -0.117. The molecule has 2 aromatic heterocycles. The van der Waals surface area contributed by atoms with Crippen LogP contribution >= 0.6 is 15.9 Å². The lowest BCUT2D eigenvalue weighted by atomic mass is 9.96. The summed E-state index contributed by atoms with van der Waals surface area (Å²) in [7, 11) is 1.51. The number of amides is 1. The smallest absolute Gasteiger partial charge is 0.294 e. The number of ketones is 1. The van der Waals surface area contributed by atoms with E-state index in [0.29, 0.717) is 28.0 Å². The molecular formula is C25H17BrN2O5. The molecule has 1 unspecified atom stereocenters. The van der Waals surface area contributed by atoms with Crippen LogP contribution in [0.2, 0.25) is 0 Å². The van der Waals surface area contributed by atoms with Crippen LogP contribution in [0, 0.1) is 0 Å². The van der Waals surface area contributed by atoms with Crippen LogP contribution in [0.4, 0.5) is 5.69 Å². The monoisotopic (exact) mass is 504 g/mol. The molecule has 0 bridgehead atoms. The first-order chi connectivity index (χ1) is 16.0. The fourth-order valence-corrected chi connectivity index (χ4v) is 4.41. The zero-order valence-corrected chi connectivity index (χ0v) is 18.9. The number of furan rings is 1. The molecule has 1 amide bonds. The van der Waals surface area contributed by atoms with Gasteiger partial charge in [0.25, 0.3) is 5.91 Å². The first-order valence-corrected chi connectivity index (χ1v) is 10.8. The summed E-state index contributed by atoms with van der Waals surface area (Å²) in [4.78, 5) is 32.4. The molecule has 0 radical (unpaired) electrons. The number of anilines is 1. The van der Waals surface area contributed by atoms with Crippen molar-refractivity contribution >= 4 is 44.3 Å². The summed E-state index contributed by atoms with van der Waals surface area (Å²) in [5.41, 5.74) is 1.43. The summed E-state index contributed by atoms with van der Waals surface area (Å²) in [5, 5.41) is 11.5. The fraction of sp³-hybridized carbons (Fsp3) is 0.0800. The number of hydrogen-bond acceptors (Lipinski definition) is 6. The van der Waals surface area contributed by atoms with Crippen LogP contribution in [-0.2, 0) is 4.79 Å². The second kappa shape index (κ2) is 8.22. The van der Waals surface area contributed by atoms with Crippen LogP contribution in [0.15, 0.2) is 93.3 Å². The summed E-state index contributed by atoms with van der Waals surface area (Å²) in [6.07, 6.45) is 3.16. The van der Waals surface area contributed by atoms with Gasteiger partial charge in [-0.15, -0.1) is 0 Å². The summed E-state index contributed by atoms with van der Waals surface area (Å²) in [6, 6.07) is 16.5. The van der Waals surface area contributed by atoms with Gasteiger partial charge >= 0.3 is 0 Å². The lowest BCUT2D eigenvalue weighted by Gasteiger charge is -2.26. The van der Waals surface area contributed by atoms with Gasteiger partial charge in [-0.3, -0.25) is 19.5 Å². The summed E-state index contributed by atoms with van der Waals surface area (Å²) >= 11 is 3.41. The van der Waals surface area contributed by atoms with Crippen molar-refractivity contribution in [1.82, 2.24) is 4.98 Å². The van der Waals surface area contributed by atoms with Gasteiger partial charge in [-0.1, -0.05) is 40.2 Å². The number of fused-ring (bicyclic) bond motifs is 1. The first kappa shape index (κ1) is 21.0. The van der Waals surface area contributed by atoms with E-state index in [1.807, 2.05) is 6.07 Å². The van der Waals surface area contributed by atoms with Gasteiger partial charge in [0.15, 0.2) is 22.9 Å². The number of rotatable bonds is 5. The predicted molar refractivity (Wildman–Crippen MR) is 125 cm³/mol. The molecule has 1 aliphatic rings. The van der Waals surface area contributed by atoms with Gasteiger partial charge in [0.1, 0.15) is 0 Å². The molecule has 33 heavy (non-hydrogen) atoms. The quantitative estimate of drug-likeness (QED) is 0.366. The zero-order chi connectivity index (χ0) is 23.1. The zero-order valence-electron chi connectivity index (χ0n) is 17.4. The van der Waals surface area contributed by atoms with Crippen molar-refractivity contribution in [1.29, 1.82) is 0 Å². The lowest BCUT2D eigenvalue weighted by Crippen LogP contribution is -2.31. The standard InChI is InChI=1S/C25H17BrN2O5/c1-32-18-9-2-5-14-11-19(33-24(14)18)22(29)20-21(15-6-4-10-27-13-15)28(25(31)23(20)30)17-8-3-7-16(26)12-17/h2-13,21,30H,1H3. The Morgan fingerprint density at radius 1 is 1.15 bits per heavy atom. The molecule has 1 aliphatic heterocycles. The van der Waals surface area contributed by atoms with E-state index in [1.165, 1.54) is 12.0 Å². The maximum Gasteiger partial charge on any atom is 0.294 e. The minimum Gasteiger partial charge on any atom is -0.503 e. The van der Waals surface area contributed by atoms with Crippen molar-refractivity contribution in [2.75, 3.05) is 12.0 Å². The van der Waals surface area contributed by atoms with Crippen LogP contribution in [-0.4, -0.2) is 28.9 Å². The second-order valence-electron chi connectivity index (χ2n) is 7.42. The van der Waals surface area contributed by atoms with E-state index >= 15 is 0 Å². The van der Waals surface area contributed by atoms with E-state index in [9.17, 15) is 14.7 Å². The highest BCUT2D eigenvalue weighted by atomic mass is 79.9. The highest BCUT2D eigenvalue weighted by Crippen LogP contribution is 2.43. The van der Waals surface area contributed by atoms with Crippen LogP contribution in [0.1, 0.15) is 22.2 Å². The van der Waals surface area contributed by atoms with Gasteiger partial charge in [0, 0.05) is 27.9 Å². The number of aliphatic hydroxyl groups excluding tert-OH is 1. The Morgan fingerprint density at radius 2 is 1.97 bits per heavy atom. The molecule has 0 saturated heterocycles. The third-order valence-corrected chi connectivity index (χ3v) is 5.98. The van der Waals surface area contributed by atoms with Gasteiger partial charge in [0.2, 0.25) is 5.78 Å². The highest BCUT2D eigenvalue weighted by molar-refractivity contribution is 9.10. The summed E-state index contributed by atoms with van der Waals surface area (Å²) < 4.78 is 11.9. The van der Waals surface area contributed by atoms with Crippen molar-refractivity contribution in [3.05, 3.63) is 100 Å². The molecule has 3 heterocycles. The highest BCUT2D eigenvalue weighted by Gasteiger charge is 2.45. The van der Waals surface area contributed by atoms with E-state index in [2.05, 4.69) is 20.9 Å². The molecule has 7 nitrogen and oxygen atoms in total. The summed E-state index contributed by atoms with van der Waals surface area (Å²) in [6.45, 7) is 0. The molecule has 5 rings (SSSR count). The molecule has 1 N–H and O–H groups in total. The average Bonchev–Trinajstić information content (AvgIpc) is 3.38. The van der Waals surface area contributed by atoms with Crippen LogP contribution in [0.25, 0.3) is 11.0 Å². The topological polar surface area (TPSA) is 92.9 Å². The van der Waals surface area contributed by atoms with Gasteiger partial charge in [-0.2, -0.15) is 0 Å². The first-order valence-electron chi connectivity index (χ1n) is 10.0. The van der Waals surface area contributed by atoms with E-state index < -0.39 is 23.5 Å². The molecule has 1 atom stereocenters. The van der Waals surface area contributed by atoms with Crippen molar-refractivity contribution in [2.45, 2.75) is 6.04 Å². The number of hydrogen-bond donors (Lipinski definition) is 1. The summed E-state index contributed by atoms with van der Waals surface area (Å²) in [5.74, 6) is -1.42. The molecule has 0 aliphatic carbocycles. The predicted octanol–water partition coefficient (Wildman–Crippen LogP) is 5.38. The SMILES string of the molecule is COc1cccc2cc(C(=O)C3=C(O)C(=O)N(c4cccc(Br)c4)C3c3cccnc3)oc12. The van der Waals surface area contributed by atoms with Crippen molar-refractivity contribution in [3.8, 4) is 5.75 Å². The number of benzene rings is 2. The van der Waals surface area contributed by atoms with Crippen LogP contribution < -0.4 is 9.64 Å². The normalized spacial score (nSPS) is 16.0. The Morgan fingerprint density at radius 3 is 2.70 bits per heavy atom. The third-order valence-electron chi connectivity index (χ3n) is 5.49. The van der Waals surface area contributed by atoms with E-state index in [-0.39, 0.29) is 11.3 Å². The van der Waals surface area contributed by atoms with Crippen LogP contribution in [0.3, 0.4) is 0 Å². The maximum absolute atomic E-state index is 13.6. The number of para-hydroxylation sites is 1. The van der Waals surface area contributed by atoms with Gasteiger partial charge in [-0.25, -0.2) is 0 Å². The molecule has 2 aromatic carbocycles. The molecule has 0 saturated carbocycles. The number of aromatic nitrogens is 1. The van der Waals surface area contributed by atoms with Gasteiger partial charge < -0.3 is 14.3 Å². The molecule has 8 heteroatoms. The molecule has 4 aromatic rings. The fourth-order valence-electron chi connectivity index (χ4n) is 4.02. The second-order valence-corrected chi connectivity index (χ2v) is 8.34. The Bertz CT molecular complexity index is 1430. The number of halogens is 1. The number of methoxy groups -OCH3 is 1. The van der Waals surface area contributed by atoms with E-state index in [1.54, 1.807) is 67.0 Å². The maximum atomic E-state index is 13.6. The number of carbonyl (C=O) groups excluding carboxylic acids is 2. The number of ether oxygens (including phenoxy) is 1. The van der Waals surface area contributed by atoms with Gasteiger partial charge in [-0.05, 0) is 42.0 Å². The third kappa shape index (κ3) is 3.48. The number of Topliss-reactive ketones (excluding diaryl/α,β-unsaturated/α-hetero) is 1. The molecule has 0 spiro atoms. The number of pyridine rings is 1. The van der Waals surface area contributed by atoms with Crippen molar-refractivity contribution in [3.63, 3.8) is 0 Å². The van der Waals surface area contributed by atoms with E-state index in [0.717, 1.165) is 4.47 Å². The minimum absolute atomic E-state index is 0.00571. The Kier molecular flexibility index (Phi) is 5.22. The largest absolute Gasteiger partial charge is 0.503 e. The molecule has 0 fully saturated rings. The molecular weight excluding hydrogens is 488 g/mol. The number of nitrogens with zero attached hydrogens (tertiary/aromatic N) is 2. The number of aliphatic hydroxyl groups is 1. The van der Waals surface area contributed by atoms with Crippen molar-refractivity contribution in [2.24, 2.45) is 0 Å². The van der Waals surface area contributed by atoms with E-state index in [4.69, 9.17) is 9.15 Å². The van der Waals surface area contributed by atoms with Crippen molar-refractivity contribution < 1.29 is 23.8 Å². The average molecular weight is 505 g/mol. The minimum atomic E-state index is -0.886. The Labute approximate surface area is 197 Å². The number of carbonyl (C=O) groups is 2. The van der Waals surface area contributed by atoms with Crippen LogP contribution in [0.5, 0.6) is 5.75 Å². The van der Waals surface area contributed by atoms with Gasteiger partial charge in [0.05, 0.1) is 18.7 Å². The molecule has 164 valence electrons. The Hall–Kier alpha value is -3.91.